The van der Waals surface area contributed by atoms with Gasteiger partial charge in [0, 0.05) is 4.47 Å². The molecule has 0 atom stereocenters. The summed E-state index contributed by atoms with van der Waals surface area (Å²) in [7, 11) is 0. The predicted octanol–water partition coefficient (Wildman–Crippen LogP) is 2.98. The molecule has 0 spiro atoms. The molecule has 4 amide bonds. The van der Waals surface area contributed by atoms with Crippen molar-refractivity contribution >= 4 is 39.5 Å². The second-order valence-electron chi connectivity index (χ2n) is 4.78. The molecule has 112 valence electrons. The average Bonchev–Trinajstić information content (AvgIpc) is 2.42. The molecule has 0 aromatic heterocycles. The first-order valence-electron chi connectivity index (χ1n) is 6.52. The van der Waals surface area contributed by atoms with Crippen molar-refractivity contribution < 1.29 is 18.8 Å². The fourth-order valence-electron chi connectivity index (χ4n) is 2.43. The maximum absolute atomic E-state index is 14.0. The number of amides is 4. The fourth-order valence-corrected chi connectivity index (χ4v) is 2.76. The van der Waals surface area contributed by atoms with Crippen LogP contribution < -0.4 is 10.2 Å². The van der Waals surface area contributed by atoms with Gasteiger partial charge in [0.25, 0.3) is 5.91 Å². The Kier molecular flexibility index (Phi) is 4.13. The van der Waals surface area contributed by atoms with E-state index in [1.807, 2.05) is 0 Å². The zero-order valence-electron chi connectivity index (χ0n) is 11.6. The molecule has 1 heterocycles. The molecule has 0 saturated carbocycles. The minimum Gasteiger partial charge on any atom is -0.276 e. The Labute approximate surface area is 129 Å². The number of imide groups is 2. The molecule has 1 aromatic rings. The first-order chi connectivity index (χ1) is 9.87. The molecule has 5 nitrogen and oxygen atoms in total. The van der Waals surface area contributed by atoms with E-state index in [1.165, 1.54) is 12.1 Å². The SMILES string of the molecule is CCC1(CC)C(=O)NC(=O)N(c2ccc(Br)cc2F)C1=O. The van der Waals surface area contributed by atoms with Crippen LogP contribution in [0.15, 0.2) is 22.7 Å². The van der Waals surface area contributed by atoms with Gasteiger partial charge in [0.2, 0.25) is 5.91 Å². The number of nitrogens with one attached hydrogen (secondary N) is 1. The summed E-state index contributed by atoms with van der Waals surface area (Å²) in [6.45, 7) is 3.37. The lowest BCUT2D eigenvalue weighted by Gasteiger charge is -2.38. The Hall–Kier alpha value is -1.76. The van der Waals surface area contributed by atoms with E-state index in [1.54, 1.807) is 13.8 Å². The summed E-state index contributed by atoms with van der Waals surface area (Å²) in [5.74, 6) is -2.04. The van der Waals surface area contributed by atoms with Gasteiger partial charge in [-0.1, -0.05) is 29.8 Å². The maximum Gasteiger partial charge on any atom is 0.335 e. The van der Waals surface area contributed by atoms with Gasteiger partial charge in [-0.3, -0.25) is 14.9 Å². The molecule has 1 N–H and O–H groups in total. The Balaban J connectivity index is 2.54. The largest absolute Gasteiger partial charge is 0.335 e. The summed E-state index contributed by atoms with van der Waals surface area (Å²) in [5, 5.41) is 2.14. The van der Waals surface area contributed by atoms with Crippen LogP contribution in [0.4, 0.5) is 14.9 Å². The van der Waals surface area contributed by atoms with E-state index in [4.69, 9.17) is 0 Å². The number of halogens is 2. The lowest BCUT2D eigenvalue weighted by Crippen LogP contribution is -2.64. The number of rotatable bonds is 3. The molecule has 1 aromatic carbocycles. The molecular weight excluding hydrogens is 343 g/mol. The number of hydrogen-bond donors (Lipinski definition) is 1. The van der Waals surface area contributed by atoms with Gasteiger partial charge in [0.15, 0.2) is 0 Å². The molecule has 1 aliphatic rings. The van der Waals surface area contributed by atoms with E-state index in [0.717, 1.165) is 6.07 Å². The normalized spacial score (nSPS) is 17.9. The third-order valence-electron chi connectivity index (χ3n) is 3.83. The predicted molar refractivity (Wildman–Crippen MR) is 78.1 cm³/mol. The standard InChI is InChI=1S/C14H14BrFN2O3/c1-3-14(4-2)11(19)17-13(21)18(12(14)20)10-6-5-8(15)7-9(10)16/h5-7H,3-4H2,1-2H3,(H,17,19,21). The van der Waals surface area contributed by atoms with E-state index >= 15 is 0 Å². The van der Waals surface area contributed by atoms with Crippen LogP contribution in [0.25, 0.3) is 0 Å². The Morgan fingerprint density at radius 2 is 1.86 bits per heavy atom. The molecule has 0 aliphatic carbocycles. The molecule has 0 radical (unpaired) electrons. The van der Waals surface area contributed by atoms with Crippen molar-refractivity contribution in [2.45, 2.75) is 26.7 Å². The fraction of sp³-hybridized carbons (Fsp3) is 0.357. The second kappa shape index (κ2) is 5.55. The Morgan fingerprint density at radius 3 is 2.38 bits per heavy atom. The highest BCUT2D eigenvalue weighted by molar-refractivity contribution is 9.10. The third kappa shape index (κ3) is 2.35. The van der Waals surface area contributed by atoms with Crippen molar-refractivity contribution in [3.8, 4) is 0 Å². The first-order valence-corrected chi connectivity index (χ1v) is 7.31. The molecule has 1 fully saturated rings. The van der Waals surface area contributed by atoms with E-state index in [0.29, 0.717) is 9.37 Å². The number of benzene rings is 1. The number of urea groups is 1. The van der Waals surface area contributed by atoms with E-state index in [9.17, 15) is 18.8 Å². The van der Waals surface area contributed by atoms with E-state index in [2.05, 4.69) is 21.2 Å². The number of nitrogens with zero attached hydrogens (tertiary/aromatic N) is 1. The van der Waals surface area contributed by atoms with Gasteiger partial charge >= 0.3 is 6.03 Å². The van der Waals surface area contributed by atoms with Gasteiger partial charge in [-0.25, -0.2) is 14.1 Å². The van der Waals surface area contributed by atoms with Crippen molar-refractivity contribution in [3.63, 3.8) is 0 Å². The lowest BCUT2D eigenvalue weighted by molar-refractivity contribution is -0.143. The van der Waals surface area contributed by atoms with Crippen LogP contribution in [0.2, 0.25) is 0 Å². The minimum absolute atomic E-state index is 0.167. The molecule has 0 unspecified atom stereocenters. The van der Waals surface area contributed by atoms with Crippen molar-refractivity contribution in [2.24, 2.45) is 5.41 Å². The van der Waals surface area contributed by atoms with Crippen molar-refractivity contribution in [2.75, 3.05) is 4.90 Å². The summed E-state index contributed by atoms with van der Waals surface area (Å²) in [5.41, 5.74) is -1.51. The van der Waals surface area contributed by atoms with Crippen molar-refractivity contribution in [3.05, 3.63) is 28.5 Å². The van der Waals surface area contributed by atoms with Crippen LogP contribution in [0.3, 0.4) is 0 Å². The van der Waals surface area contributed by atoms with Gasteiger partial charge in [-0.15, -0.1) is 0 Å². The highest BCUT2D eigenvalue weighted by atomic mass is 79.9. The van der Waals surface area contributed by atoms with Gasteiger partial charge in [0.05, 0.1) is 5.69 Å². The van der Waals surface area contributed by atoms with Gasteiger partial charge in [-0.2, -0.15) is 0 Å². The summed E-state index contributed by atoms with van der Waals surface area (Å²) >= 11 is 3.11. The number of carbonyl (C=O) groups is 3. The Bertz CT molecular complexity index is 629. The minimum atomic E-state index is -1.34. The second-order valence-corrected chi connectivity index (χ2v) is 5.70. The highest BCUT2D eigenvalue weighted by Gasteiger charge is 2.52. The topological polar surface area (TPSA) is 66.5 Å². The number of barbiturate groups is 1. The van der Waals surface area contributed by atoms with E-state index in [-0.39, 0.29) is 18.5 Å². The van der Waals surface area contributed by atoms with Crippen molar-refractivity contribution in [1.29, 1.82) is 0 Å². The van der Waals surface area contributed by atoms with Crippen LogP contribution >= 0.6 is 15.9 Å². The first kappa shape index (κ1) is 15.6. The molecule has 1 aliphatic heterocycles. The molecule has 21 heavy (non-hydrogen) atoms. The van der Waals surface area contributed by atoms with Crippen LogP contribution in [0.5, 0.6) is 0 Å². The number of hydrogen-bond acceptors (Lipinski definition) is 3. The Morgan fingerprint density at radius 1 is 1.24 bits per heavy atom. The number of anilines is 1. The van der Waals surface area contributed by atoms with Gasteiger partial charge in [0.1, 0.15) is 11.2 Å². The van der Waals surface area contributed by atoms with Crippen molar-refractivity contribution in [1.82, 2.24) is 5.32 Å². The van der Waals surface area contributed by atoms with Crippen LogP contribution in [0.1, 0.15) is 26.7 Å². The monoisotopic (exact) mass is 356 g/mol. The third-order valence-corrected chi connectivity index (χ3v) is 4.32. The summed E-state index contributed by atoms with van der Waals surface area (Å²) in [6.07, 6.45) is 0.464. The van der Waals surface area contributed by atoms with Crippen LogP contribution in [-0.2, 0) is 9.59 Å². The zero-order chi connectivity index (χ0) is 15.8. The molecule has 0 bridgehead atoms. The highest BCUT2D eigenvalue weighted by Crippen LogP contribution is 2.35. The zero-order valence-corrected chi connectivity index (χ0v) is 13.2. The summed E-state index contributed by atoms with van der Waals surface area (Å²) in [4.78, 5) is 37.3. The average molecular weight is 357 g/mol. The lowest BCUT2D eigenvalue weighted by atomic mass is 9.78. The molecule has 7 heteroatoms. The summed E-state index contributed by atoms with van der Waals surface area (Å²) in [6, 6.07) is 3.08. The smallest absolute Gasteiger partial charge is 0.276 e. The van der Waals surface area contributed by atoms with Crippen LogP contribution in [-0.4, -0.2) is 17.8 Å². The molecular formula is C14H14BrFN2O3. The van der Waals surface area contributed by atoms with Crippen LogP contribution in [0, 0.1) is 11.2 Å². The van der Waals surface area contributed by atoms with Gasteiger partial charge < -0.3 is 0 Å². The molecule has 1 saturated heterocycles. The summed E-state index contributed by atoms with van der Waals surface area (Å²) < 4.78 is 14.5. The quantitative estimate of drug-likeness (QED) is 0.846. The van der Waals surface area contributed by atoms with E-state index < -0.39 is 29.1 Å². The molecule has 2 rings (SSSR count). The van der Waals surface area contributed by atoms with Gasteiger partial charge in [-0.05, 0) is 31.0 Å². The number of carbonyl (C=O) groups excluding carboxylic acids is 3. The maximum atomic E-state index is 14.0.